The van der Waals surface area contributed by atoms with Crippen molar-refractivity contribution in [1.82, 2.24) is 0 Å². The van der Waals surface area contributed by atoms with Crippen LogP contribution in [0.5, 0.6) is 0 Å². The normalized spacial score (nSPS) is 10.7. The Balaban J connectivity index is 1.55. The van der Waals surface area contributed by atoms with Crippen LogP contribution in [-0.2, 0) is 0 Å². The zero-order valence-electron chi connectivity index (χ0n) is 20.1. The molecule has 0 fully saturated rings. The summed E-state index contributed by atoms with van der Waals surface area (Å²) in [6.07, 6.45) is 0. The summed E-state index contributed by atoms with van der Waals surface area (Å²) in [6.45, 7) is 0. The van der Waals surface area contributed by atoms with Gasteiger partial charge in [0.2, 0.25) is 21.1 Å². The lowest BCUT2D eigenvalue weighted by molar-refractivity contribution is 1.36. The molecule has 6 aromatic rings. The van der Waals surface area contributed by atoms with E-state index in [1.54, 1.807) is 22.7 Å². The van der Waals surface area contributed by atoms with Gasteiger partial charge in [0.15, 0.2) is 0 Å². The Kier molecular flexibility index (Phi) is 6.80. The largest absolute Gasteiger partial charge is 0.249 e. The minimum Gasteiger partial charge on any atom is -0.249 e. The second-order valence-corrected chi connectivity index (χ2v) is 10.8. The number of hydrogen-bond donors (Lipinski definition) is 0. The predicted molar refractivity (Wildman–Crippen MR) is 160 cm³/mol. The van der Waals surface area contributed by atoms with Gasteiger partial charge in [-0.15, -0.1) is 11.3 Å². The third-order valence-corrected chi connectivity index (χ3v) is 8.34. The summed E-state index contributed by atoms with van der Waals surface area (Å²) in [5, 5.41) is 0.950. The number of rotatable bonds is 5. The van der Waals surface area contributed by atoms with E-state index in [1.165, 1.54) is 41.8 Å². The molecule has 2 heterocycles. The molecule has 0 aliphatic heterocycles. The van der Waals surface area contributed by atoms with Crippen LogP contribution in [0.25, 0.3) is 41.8 Å². The Morgan fingerprint density at radius 1 is 0.432 bits per heavy atom. The number of nitrogens with zero attached hydrogens (tertiary/aromatic N) is 1. The molecule has 4 aromatic carbocycles. The Morgan fingerprint density at radius 3 is 1.22 bits per heavy atom. The van der Waals surface area contributed by atoms with Gasteiger partial charge in [-0.3, -0.25) is 0 Å². The second-order valence-electron chi connectivity index (χ2n) is 8.66. The van der Waals surface area contributed by atoms with Crippen molar-refractivity contribution in [3.8, 4) is 41.8 Å². The zero-order chi connectivity index (χ0) is 24.9. The standard InChI is InChI=1S/C34H24NS2/c1-5-13-25(14-6-1)31-21-29(22-32(36-31)26-15-7-2-8-16-26)35-30-23-33(27-17-9-3-10-18-27)37-34(24-30)28-19-11-4-12-20-28/h1-24H/q+1. The molecule has 0 saturated heterocycles. The molecule has 0 aliphatic carbocycles. The van der Waals surface area contributed by atoms with E-state index in [1.807, 2.05) is 0 Å². The predicted octanol–water partition coefficient (Wildman–Crippen LogP) is 9.99. The first-order valence-electron chi connectivity index (χ1n) is 12.2. The maximum Gasteiger partial charge on any atom is 0.240 e. The Bertz CT molecular complexity index is 1570. The van der Waals surface area contributed by atoms with E-state index in [0.29, 0.717) is 0 Å². The molecule has 6 rings (SSSR count). The van der Waals surface area contributed by atoms with Crippen LogP contribution in [-0.4, -0.2) is 0 Å². The first-order valence-corrected chi connectivity index (χ1v) is 13.8. The Labute approximate surface area is 225 Å². The van der Waals surface area contributed by atoms with Gasteiger partial charge in [0.1, 0.15) is 0 Å². The van der Waals surface area contributed by atoms with Crippen LogP contribution in [0.4, 0.5) is 5.69 Å². The highest BCUT2D eigenvalue weighted by atomic mass is 32.1. The van der Waals surface area contributed by atoms with Gasteiger partial charge in [0, 0.05) is 33.0 Å². The molecule has 37 heavy (non-hydrogen) atoms. The summed E-state index contributed by atoms with van der Waals surface area (Å²) in [5.41, 5.74) is 5.75. The molecule has 0 N–H and O–H groups in total. The van der Waals surface area contributed by atoms with Crippen molar-refractivity contribution in [3.05, 3.63) is 151 Å². The van der Waals surface area contributed by atoms with Gasteiger partial charge in [-0.1, -0.05) is 97.1 Å². The van der Waals surface area contributed by atoms with Crippen molar-refractivity contribution in [1.29, 1.82) is 0 Å². The summed E-state index contributed by atoms with van der Waals surface area (Å²) in [6, 6.07) is 51.0. The maximum atomic E-state index is 5.20. The van der Waals surface area contributed by atoms with Crippen LogP contribution >= 0.6 is 22.7 Å². The van der Waals surface area contributed by atoms with Crippen LogP contribution < -0.4 is 5.36 Å². The summed E-state index contributed by atoms with van der Waals surface area (Å²) >= 11 is 3.59. The highest BCUT2D eigenvalue weighted by Crippen LogP contribution is 2.37. The number of hydrogen-bond acceptors (Lipinski definition) is 2. The van der Waals surface area contributed by atoms with Gasteiger partial charge in [0.25, 0.3) is 0 Å². The van der Waals surface area contributed by atoms with E-state index in [-0.39, 0.29) is 0 Å². The van der Waals surface area contributed by atoms with Gasteiger partial charge < -0.3 is 0 Å². The van der Waals surface area contributed by atoms with E-state index >= 15 is 0 Å². The lowest BCUT2D eigenvalue weighted by atomic mass is 10.1. The highest BCUT2D eigenvalue weighted by molar-refractivity contribution is 7.18. The molecule has 0 saturated carbocycles. The number of benzene rings is 4. The van der Waals surface area contributed by atoms with E-state index in [0.717, 1.165) is 11.0 Å². The van der Waals surface area contributed by atoms with Crippen molar-refractivity contribution in [2.24, 2.45) is 4.99 Å². The first-order chi connectivity index (χ1) is 18.3. The van der Waals surface area contributed by atoms with Crippen molar-refractivity contribution < 1.29 is 0 Å². The van der Waals surface area contributed by atoms with Crippen molar-refractivity contribution in [2.45, 2.75) is 0 Å². The molecule has 0 aliphatic rings. The Morgan fingerprint density at radius 2 is 0.811 bits per heavy atom. The lowest BCUT2D eigenvalue weighted by Gasteiger charge is -2.06. The van der Waals surface area contributed by atoms with Crippen molar-refractivity contribution in [2.75, 3.05) is 0 Å². The van der Waals surface area contributed by atoms with Crippen LogP contribution in [0, 0.1) is 0 Å². The average molecular weight is 511 g/mol. The minimum absolute atomic E-state index is 0.950. The summed E-state index contributed by atoms with van der Waals surface area (Å²) in [5.74, 6) is 0. The molecule has 3 heteroatoms. The molecule has 0 bridgehead atoms. The first kappa shape index (κ1) is 23.2. The molecule has 0 unspecified atom stereocenters. The van der Waals surface area contributed by atoms with Crippen LogP contribution in [0.2, 0.25) is 0 Å². The molecular formula is C34H24NS2+. The lowest BCUT2D eigenvalue weighted by Crippen LogP contribution is -2.00. The van der Waals surface area contributed by atoms with Gasteiger partial charge >= 0.3 is 0 Å². The third-order valence-electron chi connectivity index (χ3n) is 6.05. The highest BCUT2D eigenvalue weighted by Gasteiger charge is 2.18. The summed E-state index contributed by atoms with van der Waals surface area (Å²) in [4.78, 5) is 10.00. The smallest absolute Gasteiger partial charge is 0.240 e. The molecule has 2 aromatic heterocycles. The van der Waals surface area contributed by atoms with Crippen LogP contribution in [0.1, 0.15) is 0 Å². The fraction of sp³-hybridized carbons (Fsp3) is 0. The van der Waals surface area contributed by atoms with E-state index in [4.69, 9.17) is 4.99 Å². The average Bonchev–Trinajstić information content (AvgIpc) is 2.99. The summed E-state index contributed by atoms with van der Waals surface area (Å²) < 4.78 is 0. The van der Waals surface area contributed by atoms with Gasteiger partial charge in [0.05, 0.1) is 11.0 Å². The van der Waals surface area contributed by atoms with E-state index in [2.05, 4.69) is 146 Å². The monoisotopic (exact) mass is 510 g/mol. The van der Waals surface area contributed by atoms with Gasteiger partial charge in [-0.25, -0.2) is 4.99 Å². The molecule has 0 spiro atoms. The topological polar surface area (TPSA) is 12.4 Å². The minimum atomic E-state index is 0.950. The quantitative estimate of drug-likeness (QED) is 0.205. The molecule has 1 nitrogen and oxygen atoms in total. The fourth-order valence-electron chi connectivity index (χ4n) is 4.23. The molecular weight excluding hydrogens is 487 g/mol. The summed E-state index contributed by atoms with van der Waals surface area (Å²) in [7, 11) is 0. The zero-order valence-corrected chi connectivity index (χ0v) is 21.8. The van der Waals surface area contributed by atoms with Crippen LogP contribution in [0.15, 0.2) is 151 Å². The second kappa shape index (κ2) is 10.8. The Hall–Kier alpha value is -4.18. The molecule has 0 atom stereocenters. The molecule has 176 valence electrons. The third kappa shape index (κ3) is 5.49. The van der Waals surface area contributed by atoms with E-state index in [9.17, 15) is 0 Å². The fourth-order valence-corrected chi connectivity index (χ4v) is 6.44. The van der Waals surface area contributed by atoms with Crippen LogP contribution in [0.3, 0.4) is 0 Å². The molecule has 0 radical (unpaired) electrons. The van der Waals surface area contributed by atoms with Crippen molar-refractivity contribution in [3.63, 3.8) is 0 Å². The van der Waals surface area contributed by atoms with Gasteiger partial charge in [-0.05, 0) is 47.5 Å². The molecule has 0 amide bonds. The SMILES string of the molecule is c1ccc(-c2cc(=Nc3cc(-c4ccccc4)[s+]c(-c4ccccc4)c3)cc(-c3ccccc3)s2)cc1. The van der Waals surface area contributed by atoms with Crippen molar-refractivity contribution >= 4 is 28.4 Å². The maximum absolute atomic E-state index is 5.20. The van der Waals surface area contributed by atoms with Gasteiger partial charge in [-0.2, -0.15) is 0 Å². The van der Waals surface area contributed by atoms with E-state index < -0.39 is 0 Å².